The van der Waals surface area contributed by atoms with E-state index in [1.54, 1.807) is 24.3 Å². The van der Waals surface area contributed by atoms with Crippen LogP contribution < -0.4 is 10.5 Å². The van der Waals surface area contributed by atoms with E-state index in [2.05, 4.69) is 0 Å². The van der Waals surface area contributed by atoms with Gasteiger partial charge in [0.25, 0.3) is 11.8 Å². The van der Waals surface area contributed by atoms with E-state index in [0.717, 1.165) is 5.56 Å². The highest BCUT2D eigenvalue weighted by molar-refractivity contribution is 5.97. The number of hydrogen-bond acceptors (Lipinski definition) is 4. The molecule has 2 amide bonds. The second-order valence-corrected chi connectivity index (χ2v) is 5.19. The second kappa shape index (κ2) is 8.69. The molecule has 0 fully saturated rings. The number of carbonyl (C=O) groups excluding carboxylic acids is 2. The van der Waals surface area contributed by atoms with E-state index in [9.17, 15) is 14.7 Å². The average Bonchev–Trinajstić information content (AvgIpc) is 2.60. The van der Waals surface area contributed by atoms with Crippen molar-refractivity contribution in [1.82, 2.24) is 4.90 Å². The number of amides is 2. The van der Waals surface area contributed by atoms with E-state index in [0.29, 0.717) is 12.1 Å². The lowest BCUT2D eigenvalue weighted by atomic mass is 10.1. The standard InChI is InChI=1S/C18H20N2O4/c19-17(22)13-24-16-9-5-4-8-15(16)18(23)20(10-11-21)12-14-6-2-1-3-7-14/h1-9,21H,10-13H2,(H2,19,22). The lowest BCUT2D eigenvalue weighted by molar-refractivity contribution is -0.119. The van der Waals surface area contributed by atoms with E-state index in [1.165, 1.54) is 4.90 Å². The Bertz CT molecular complexity index is 688. The van der Waals surface area contributed by atoms with Crippen LogP contribution in [-0.2, 0) is 11.3 Å². The Hall–Kier alpha value is -2.86. The van der Waals surface area contributed by atoms with E-state index < -0.39 is 5.91 Å². The summed E-state index contributed by atoms with van der Waals surface area (Å²) >= 11 is 0. The van der Waals surface area contributed by atoms with Crippen LogP contribution in [0.4, 0.5) is 0 Å². The molecule has 0 aliphatic carbocycles. The predicted octanol–water partition coefficient (Wildman–Crippen LogP) is 1.19. The fourth-order valence-electron chi connectivity index (χ4n) is 2.27. The Balaban J connectivity index is 2.21. The van der Waals surface area contributed by atoms with Crippen molar-refractivity contribution in [2.45, 2.75) is 6.54 Å². The summed E-state index contributed by atoms with van der Waals surface area (Å²) in [7, 11) is 0. The smallest absolute Gasteiger partial charge is 0.257 e. The van der Waals surface area contributed by atoms with E-state index in [1.807, 2.05) is 30.3 Å². The zero-order valence-electron chi connectivity index (χ0n) is 13.2. The van der Waals surface area contributed by atoms with Crippen LogP contribution in [0.5, 0.6) is 5.75 Å². The molecule has 0 aliphatic heterocycles. The third-order valence-electron chi connectivity index (χ3n) is 3.36. The molecule has 2 aromatic rings. The van der Waals surface area contributed by atoms with Crippen molar-refractivity contribution < 1.29 is 19.4 Å². The van der Waals surface area contributed by atoms with Gasteiger partial charge in [0.05, 0.1) is 12.2 Å². The van der Waals surface area contributed by atoms with Gasteiger partial charge in [-0.2, -0.15) is 0 Å². The highest BCUT2D eigenvalue weighted by Gasteiger charge is 2.19. The first kappa shape index (κ1) is 17.5. The molecule has 0 saturated carbocycles. The van der Waals surface area contributed by atoms with Crippen LogP contribution in [-0.4, -0.2) is 41.6 Å². The van der Waals surface area contributed by atoms with Gasteiger partial charge >= 0.3 is 0 Å². The monoisotopic (exact) mass is 328 g/mol. The average molecular weight is 328 g/mol. The van der Waals surface area contributed by atoms with Crippen LogP contribution >= 0.6 is 0 Å². The Labute approximate surface area is 140 Å². The van der Waals surface area contributed by atoms with Crippen LogP contribution in [0.1, 0.15) is 15.9 Å². The first-order valence-corrected chi connectivity index (χ1v) is 7.56. The number of primary amides is 1. The van der Waals surface area contributed by atoms with Crippen LogP contribution in [0.3, 0.4) is 0 Å². The summed E-state index contributed by atoms with van der Waals surface area (Å²) in [6.45, 7) is 0.105. The van der Waals surface area contributed by atoms with E-state index >= 15 is 0 Å². The molecule has 6 heteroatoms. The lowest BCUT2D eigenvalue weighted by Crippen LogP contribution is -2.33. The second-order valence-electron chi connectivity index (χ2n) is 5.19. The molecule has 126 valence electrons. The molecule has 0 heterocycles. The third-order valence-corrected chi connectivity index (χ3v) is 3.36. The van der Waals surface area contributed by atoms with E-state index in [-0.39, 0.29) is 31.4 Å². The minimum absolute atomic E-state index is 0.150. The van der Waals surface area contributed by atoms with Crippen molar-refractivity contribution in [3.05, 3.63) is 65.7 Å². The van der Waals surface area contributed by atoms with Crippen LogP contribution in [0, 0.1) is 0 Å². The number of aliphatic hydroxyl groups is 1. The molecule has 0 aliphatic rings. The molecule has 6 nitrogen and oxygen atoms in total. The number of benzene rings is 2. The van der Waals surface area contributed by atoms with Gasteiger partial charge in [-0.05, 0) is 17.7 Å². The summed E-state index contributed by atoms with van der Waals surface area (Å²) in [4.78, 5) is 25.3. The molecule has 2 rings (SSSR count). The fourth-order valence-corrected chi connectivity index (χ4v) is 2.27. The lowest BCUT2D eigenvalue weighted by Gasteiger charge is -2.23. The maximum absolute atomic E-state index is 12.8. The Morgan fingerprint density at radius 2 is 1.71 bits per heavy atom. The maximum Gasteiger partial charge on any atom is 0.257 e. The molecule has 0 saturated heterocycles. The molecule has 3 N–H and O–H groups in total. The topological polar surface area (TPSA) is 92.9 Å². The number of carbonyl (C=O) groups is 2. The molecular formula is C18H20N2O4. The number of rotatable bonds is 8. The van der Waals surface area contributed by atoms with Gasteiger partial charge in [-0.1, -0.05) is 42.5 Å². The molecular weight excluding hydrogens is 308 g/mol. The number of hydrogen-bond donors (Lipinski definition) is 2. The summed E-state index contributed by atoms with van der Waals surface area (Å²) in [5.41, 5.74) is 6.36. The minimum atomic E-state index is -0.617. The van der Waals surface area contributed by atoms with Gasteiger partial charge in [-0.3, -0.25) is 9.59 Å². The number of ether oxygens (including phenoxy) is 1. The summed E-state index contributed by atoms with van der Waals surface area (Å²) in [6.07, 6.45) is 0. The van der Waals surface area contributed by atoms with Crippen LogP contribution in [0.2, 0.25) is 0 Å². The Morgan fingerprint density at radius 3 is 2.38 bits per heavy atom. The summed E-state index contributed by atoms with van der Waals surface area (Å²) in [5.74, 6) is -0.612. The Kier molecular flexibility index (Phi) is 6.33. The number of aliphatic hydroxyl groups excluding tert-OH is 1. The van der Waals surface area contributed by atoms with Gasteiger partial charge in [0.1, 0.15) is 5.75 Å². The Morgan fingerprint density at radius 1 is 1.04 bits per heavy atom. The van der Waals surface area contributed by atoms with Gasteiger partial charge in [-0.15, -0.1) is 0 Å². The van der Waals surface area contributed by atoms with Gasteiger partial charge < -0.3 is 20.5 Å². The normalized spacial score (nSPS) is 10.2. The first-order valence-electron chi connectivity index (χ1n) is 7.56. The number of para-hydroxylation sites is 1. The van der Waals surface area contributed by atoms with Crippen molar-refractivity contribution in [1.29, 1.82) is 0 Å². The maximum atomic E-state index is 12.8. The van der Waals surface area contributed by atoms with Crippen molar-refractivity contribution in [2.24, 2.45) is 5.73 Å². The highest BCUT2D eigenvalue weighted by atomic mass is 16.5. The predicted molar refractivity (Wildman–Crippen MR) is 89.4 cm³/mol. The molecule has 0 atom stereocenters. The van der Waals surface area contributed by atoms with Crippen LogP contribution in [0.15, 0.2) is 54.6 Å². The largest absolute Gasteiger partial charge is 0.483 e. The number of nitrogens with zero attached hydrogens (tertiary/aromatic N) is 1. The van der Waals surface area contributed by atoms with Crippen molar-refractivity contribution in [3.63, 3.8) is 0 Å². The molecule has 24 heavy (non-hydrogen) atoms. The quantitative estimate of drug-likeness (QED) is 0.761. The van der Waals surface area contributed by atoms with Gasteiger partial charge in [-0.25, -0.2) is 0 Å². The fraction of sp³-hybridized carbons (Fsp3) is 0.222. The molecule has 0 bridgehead atoms. The summed E-state index contributed by atoms with van der Waals surface area (Å²) in [6, 6.07) is 16.1. The first-order chi connectivity index (χ1) is 11.6. The van der Waals surface area contributed by atoms with Gasteiger partial charge in [0, 0.05) is 13.1 Å². The SMILES string of the molecule is NC(=O)COc1ccccc1C(=O)N(CCO)Cc1ccccc1. The van der Waals surface area contributed by atoms with Crippen molar-refractivity contribution in [2.75, 3.05) is 19.8 Å². The molecule has 2 aromatic carbocycles. The zero-order valence-corrected chi connectivity index (χ0v) is 13.2. The molecule has 0 aromatic heterocycles. The zero-order chi connectivity index (χ0) is 17.4. The minimum Gasteiger partial charge on any atom is -0.483 e. The van der Waals surface area contributed by atoms with Gasteiger partial charge in [0.15, 0.2) is 6.61 Å². The van der Waals surface area contributed by atoms with Crippen molar-refractivity contribution >= 4 is 11.8 Å². The van der Waals surface area contributed by atoms with Gasteiger partial charge in [0.2, 0.25) is 0 Å². The third kappa shape index (κ3) is 4.82. The summed E-state index contributed by atoms with van der Waals surface area (Å²) in [5, 5.41) is 9.27. The molecule has 0 spiro atoms. The highest BCUT2D eigenvalue weighted by Crippen LogP contribution is 2.21. The van der Waals surface area contributed by atoms with Crippen LogP contribution in [0.25, 0.3) is 0 Å². The summed E-state index contributed by atoms with van der Waals surface area (Å²) < 4.78 is 5.31. The van der Waals surface area contributed by atoms with Crippen molar-refractivity contribution in [3.8, 4) is 5.75 Å². The molecule has 0 radical (unpaired) electrons. The molecule has 0 unspecified atom stereocenters. The van der Waals surface area contributed by atoms with E-state index in [4.69, 9.17) is 10.5 Å². The number of nitrogens with two attached hydrogens (primary N) is 1.